The third-order valence-electron chi connectivity index (χ3n) is 3.06. The van der Waals surface area contributed by atoms with Gasteiger partial charge in [0.05, 0.1) is 12.6 Å². The van der Waals surface area contributed by atoms with Gasteiger partial charge in [-0.2, -0.15) is 0 Å². The predicted molar refractivity (Wildman–Crippen MR) is 76.9 cm³/mol. The molecule has 0 saturated heterocycles. The van der Waals surface area contributed by atoms with Crippen molar-refractivity contribution in [2.75, 3.05) is 26.8 Å². The van der Waals surface area contributed by atoms with Crippen LogP contribution >= 0.6 is 0 Å². The molecule has 0 saturated carbocycles. The minimum absolute atomic E-state index is 0.0179. The second-order valence-electron chi connectivity index (χ2n) is 4.59. The maximum atomic E-state index is 12.0. The Morgan fingerprint density at radius 2 is 2.05 bits per heavy atom. The summed E-state index contributed by atoms with van der Waals surface area (Å²) in [4.78, 5) is 13.6. The van der Waals surface area contributed by atoms with Gasteiger partial charge in [-0.05, 0) is 25.3 Å². The third kappa shape index (κ3) is 5.85. The molecular weight excluding hydrogens is 240 g/mol. The van der Waals surface area contributed by atoms with Gasteiger partial charge in [0, 0.05) is 20.2 Å². The molecule has 1 amide bonds. The normalized spacial score (nSPS) is 12.2. The monoisotopic (exact) mass is 264 g/mol. The lowest BCUT2D eigenvalue weighted by Crippen LogP contribution is -2.43. The number of carbonyl (C=O) groups is 1. The van der Waals surface area contributed by atoms with Gasteiger partial charge >= 0.3 is 0 Å². The molecule has 0 radical (unpaired) electrons. The van der Waals surface area contributed by atoms with Gasteiger partial charge in [-0.15, -0.1) is 0 Å². The molecule has 0 spiro atoms. The molecule has 4 nitrogen and oxygen atoms in total. The van der Waals surface area contributed by atoms with Crippen molar-refractivity contribution in [2.45, 2.75) is 25.8 Å². The van der Waals surface area contributed by atoms with E-state index >= 15 is 0 Å². The minimum Gasteiger partial charge on any atom is -0.380 e. The highest BCUT2D eigenvalue weighted by atomic mass is 16.5. The summed E-state index contributed by atoms with van der Waals surface area (Å²) in [5.41, 5.74) is 7.15. The van der Waals surface area contributed by atoms with E-state index in [1.807, 2.05) is 25.1 Å². The van der Waals surface area contributed by atoms with Crippen LogP contribution in [0.5, 0.6) is 0 Å². The largest absolute Gasteiger partial charge is 0.380 e. The van der Waals surface area contributed by atoms with Crippen LogP contribution in [0.4, 0.5) is 0 Å². The zero-order chi connectivity index (χ0) is 14.1. The number of amides is 1. The van der Waals surface area contributed by atoms with Crippen molar-refractivity contribution >= 4 is 5.91 Å². The lowest BCUT2D eigenvalue weighted by Gasteiger charge is -2.21. The highest BCUT2D eigenvalue weighted by molar-refractivity contribution is 5.81. The molecule has 4 heteroatoms. The van der Waals surface area contributed by atoms with Crippen LogP contribution in [0.15, 0.2) is 30.3 Å². The predicted octanol–water partition coefficient (Wildman–Crippen LogP) is 1.44. The zero-order valence-electron chi connectivity index (χ0n) is 11.8. The van der Waals surface area contributed by atoms with Crippen molar-refractivity contribution in [3.05, 3.63) is 35.9 Å². The van der Waals surface area contributed by atoms with E-state index in [0.29, 0.717) is 26.2 Å². The lowest BCUT2D eigenvalue weighted by atomic mass is 10.1. The number of nitrogens with two attached hydrogens (primary N) is 1. The molecule has 0 heterocycles. The number of benzene rings is 1. The third-order valence-corrected chi connectivity index (χ3v) is 3.06. The Hall–Kier alpha value is -1.39. The van der Waals surface area contributed by atoms with Gasteiger partial charge in [0.15, 0.2) is 0 Å². The number of aryl methyl sites for hydroxylation is 1. The summed E-state index contributed by atoms with van der Waals surface area (Å²) in [5.74, 6) is -0.0179. The molecule has 0 aliphatic carbocycles. The molecule has 1 aromatic carbocycles. The van der Waals surface area contributed by atoms with E-state index in [4.69, 9.17) is 10.5 Å². The Morgan fingerprint density at radius 3 is 2.68 bits per heavy atom. The van der Waals surface area contributed by atoms with Crippen molar-refractivity contribution in [2.24, 2.45) is 5.73 Å². The molecule has 1 atom stereocenters. The first-order valence-corrected chi connectivity index (χ1v) is 6.77. The second-order valence-corrected chi connectivity index (χ2v) is 4.59. The summed E-state index contributed by atoms with van der Waals surface area (Å²) >= 11 is 0. The van der Waals surface area contributed by atoms with Crippen LogP contribution in [-0.4, -0.2) is 43.7 Å². The van der Waals surface area contributed by atoms with Gasteiger partial charge in [0.1, 0.15) is 0 Å². The minimum atomic E-state index is -0.438. The molecule has 0 fully saturated rings. The van der Waals surface area contributed by atoms with Gasteiger partial charge in [0.25, 0.3) is 0 Å². The first-order chi connectivity index (χ1) is 9.15. The van der Waals surface area contributed by atoms with Gasteiger partial charge in [-0.25, -0.2) is 0 Å². The van der Waals surface area contributed by atoms with Crippen LogP contribution in [0.1, 0.15) is 18.9 Å². The van der Waals surface area contributed by atoms with E-state index in [0.717, 1.165) is 6.42 Å². The van der Waals surface area contributed by atoms with Crippen LogP contribution in [0.3, 0.4) is 0 Å². The van der Waals surface area contributed by atoms with Crippen LogP contribution < -0.4 is 5.73 Å². The van der Waals surface area contributed by atoms with E-state index in [1.165, 1.54) is 5.56 Å². The fraction of sp³-hybridized carbons (Fsp3) is 0.533. The van der Waals surface area contributed by atoms with E-state index in [2.05, 4.69) is 12.1 Å². The standard InChI is InChI=1S/C15H24N2O2/c1-3-19-12-11-17(2)15(18)14(16)10-9-13-7-5-4-6-8-13/h4-8,14H,3,9-12,16H2,1-2H3/t14-/m0/s1. The van der Waals surface area contributed by atoms with Crippen LogP contribution in [0.25, 0.3) is 0 Å². The smallest absolute Gasteiger partial charge is 0.239 e. The first kappa shape index (κ1) is 15.7. The second kappa shape index (κ2) is 8.67. The number of likely N-dealkylation sites (N-methyl/N-ethyl adjacent to an activating group) is 1. The Kier molecular flexibility index (Phi) is 7.15. The summed E-state index contributed by atoms with van der Waals surface area (Å²) in [6.07, 6.45) is 1.49. The SMILES string of the molecule is CCOCCN(C)C(=O)[C@@H](N)CCc1ccccc1. The Bertz CT molecular complexity index is 368. The molecule has 0 bridgehead atoms. The number of rotatable bonds is 8. The molecule has 0 aliphatic rings. The number of carbonyl (C=O) groups excluding carboxylic acids is 1. The fourth-order valence-electron chi connectivity index (χ4n) is 1.83. The highest BCUT2D eigenvalue weighted by Gasteiger charge is 2.17. The van der Waals surface area contributed by atoms with Crippen LogP contribution in [0, 0.1) is 0 Å². The summed E-state index contributed by atoms with van der Waals surface area (Å²) in [6, 6.07) is 9.64. The lowest BCUT2D eigenvalue weighted by molar-refractivity contribution is -0.132. The van der Waals surface area contributed by atoms with E-state index in [-0.39, 0.29) is 5.91 Å². The molecule has 0 aliphatic heterocycles. The molecule has 1 rings (SSSR count). The Morgan fingerprint density at radius 1 is 1.37 bits per heavy atom. The summed E-state index contributed by atoms with van der Waals surface area (Å²) in [5, 5.41) is 0. The number of nitrogens with zero attached hydrogens (tertiary/aromatic N) is 1. The van der Waals surface area contributed by atoms with Gasteiger partial charge in [-0.3, -0.25) is 4.79 Å². The van der Waals surface area contributed by atoms with Gasteiger partial charge < -0.3 is 15.4 Å². The molecule has 0 aromatic heterocycles. The fourth-order valence-corrected chi connectivity index (χ4v) is 1.83. The molecule has 0 unspecified atom stereocenters. The maximum Gasteiger partial charge on any atom is 0.239 e. The molecule has 1 aromatic rings. The van der Waals surface area contributed by atoms with Crippen molar-refractivity contribution < 1.29 is 9.53 Å². The van der Waals surface area contributed by atoms with Gasteiger partial charge in [-0.1, -0.05) is 30.3 Å². The molecule has 2 N–H and O–H groups in total. The molecule has 19 heavy (non-hydrogen) atoms. The van der Waals surface area contributed by atoms with E-state index in [1.54, 1.807) is 11.9 Å². The summed E-state index contributed by atoms with van der Waals surface area (Å²) in [6.45, 7) is 3.76. The van der Waals surface area contributed by atoms with Gasteiger partial charge in [0.2, 0.25) is 5.91 Å². The summed E-state index contributed by atoms with van der Waals surface area (Å²) < 4.78 is 5.23. The van der Waals surface area contributed by atoms with Crippen molar-refractivity contribution in [3.63, 3.8) is 0 Å². The topological polar surface area (TPSA) is 55.6 Å². The maximum absolute atomic E-state index is 12.0. The van der Waals surface area contributed by atoms with E-state index < -0.39 is 6.04 Å². The quantitative estimate of drug-likeness (QED) is 0.723. The summed E-state index contributed by atoms with van der Waals surface area (Å²) in [7, 11) is 1.77. The van der Waals surface area contributed by atoms with Crippen LogP contribution in [0.2, 0.25) is 0 Å². The highest BCUT2D eigenvalue weighted by Crippen LogP contribution is 2.05. The first-order valence-electron chi connectivity index (χ1n) is 6.77. The van der Waals surface area contributed by atoms with Crippen molar-refractivity contribution in [3.8, 4) is 0 Å². The molecular formula is C15H24N2O2. The number of ether oxygens (including phenoxy) is 1. The van der Waals surface area contributed by atoms with Crippen molar-refractivity contribution in [1.82, 2.24) is 4.90 Å². The Labute approximate surface area is 115 Å². The molecule has 106 valence electrons. The average Bonchev–Trinajstić information content (AvgIpc) is 2.45. The zero-order valence-corrected chi connectivity index (χ0v) is 11.8. The Balaban J connectivity index is 2.31. The van der Waals surface area contributed by atoms with Crippen molar-refractivity contribution in [1.29, 1.82) is 0 Å². The van der Waals surface area contributed by atoms with Crippen LogP contribution in [-0.2, 0) is 16.0 Å². The van der Waals surface area contributed by atoms with E-state index in [9.17, 15) is 4.79 Å². The number of hydrogen-bond donors (Lipinski definition) is 1. The number of hydrogen-bond acceptors (Lipinski definition) is 3. The average molecular weight is 264 g/mol.